The van der Waals surface area contributed by atoms with E-state index in [0.717, 1.165) is 11.1 Å². The zero-order valence-corrected chi connectivity index (χ0v) is 16.6. The minimum atomic E-state index is -1.08. The molecule has 1 fully saturated rings. The molecule has 1 N–H and O–H groups in total. The van der Waals surface area contributed by atoms with E-state index in [9.17, 15) is 9.59 Å². The van der Waals surface area contributed by atoms with Crippen molar-refractivity contribution in [3.8, 4) is 11.5 Å². The minimum Gasteiger partial charge on any atom is -0.493 e. The smallest absolute Gasteiger partial charge is 0.341 e. The Morgan fingerprint density at radius 1 is 1.21 bits per heavy atom. The average Bonchev–Trinajstić information content (AvgIpc) is 2.95. The first-order chi connectivity index (χ1) is 13.5. The summed E-state index contributed by atoms with van der Waals surface area (Å²) in [5, 5.41) is 8.73. The molecule has 0 aromatic heterocycles. The van der Waals surface area contributed by atoms with E-state index in [-0.39, 0.29) is 5.91 Å². The van der Waals surface area contributed by atoms with Gasteiger partial charge in [0, 0.05) is 0 Å². The highest BCUT2D eigenvalue weighted by molar-refractivity contribution is 8.26. The van der Waals surface area contributed by atoms with Crippen molar-refractivity contribution in [1.29, 1.82) is 0 Å². The predicted octanol–water partition coefficient (Wildman–Crippen LogP) is 3.56. The largest absolute Gasteiger partial charge is 0.493 e. The van der Waals surface area contributed by atoms with Crippen LogP contribution in [-0.2, 0) is 16.1 Å². The van der Waals surface area contributed by atoms with E-state index in [1.165, 1.54) is 18.9 Å². The van der Waals surface area contributed by atoms with Gasteiger partial charge in [0.05, 0.1) is 18.6 Å². The molecule has 0 radical (unpaired) electrons. The number of thioether (sulfide) groups is 1. The molecule has 28 heavy (non-hydrogen) atoms. The minimum absolute atomic E-state index is 0.149. The average molecular weight is 415 g/mol. The molecule has 0 unspecified atom stereocenters. The Morgan fingerprint density at radius 3 is 2.64 bits per heavy atom. The molecule has 1 amide bonds. The van der Waals surface area contributed by atoms with Crippen LogP contribution in [0.4, 0.5) is 0 Å². The number of carboxylic acid groups (broad SMARTS) is 1. The van der Waals surface area contributed by atoms with E-state index < -0.39 is 12.6 Å². The first-order valence-corrected chi connectivity index (χ1v) is 9.52. The number of ether oxygens (including phenoxy) is 2. The highest BCUT2D eigenvalue weighted by Crippen LogP contribution is 2.35. The molecule has 2 aromatic carbocycles. The van der Waals surface area contributed by atoms with E-state index in [4.69, 9.17) is 26.8 Å². The summed E-state index contributed by atoms with van der Waals surface area (Å²) in [5.41, 5.74) is 1.72. The van der Waals surface area contributed by atoms with Crippen LogP contribution in [0.3, 0.4) is 0 Å². The number of benzene rings is 2. The fourth-order valence-corrected chi connectivity index (χ4v) is 3.84. The van der Waals surface area contributed by atoms with Gasteiger partial charge in [-0.05, 0) is 29.3 Å². The zero-order valence-electron chi connectivity index (χ0n) is 15.0. The second kappa shape index (κ2) is 8.90. The van der Waals surface area contributed by atoms with Crippen LogP contribution in [0.15, 0.2) is 53.4 Å². The van der Waals surface area contributed by atoms with Crippen molar-refractivity contribution in [2.75, 3.05) is 13.7 Å². The number of rotatable bonds is 7. The van der Waals surface area contributed by atoms with E-state index in [0.29, 0.717) is 27.3 Å². The highest BCUT2D eigenvalue weighted by Gasteiger charge is 2.32. The second-order valence-corrected chi connectivity index (χ2v) is 7.52. The molecule has 0 atom stereocenters. The van der Waals surface area contributed by atoms with Crippen LogP contribution in [-0.4, -0.2) is 39.9 Å². The van der Waals surface area contributed by atoms with Gasteiger partial charge in [-0.1, -0.05) is 60.4 Å². The van der Waals surface area contributed by atoms with Crippen molar-refractivity contribution in [3.05, 3.63) is 64.6 Å². The molecule has 0 saturated carbocycles. The summed E-state index contributed by atoms with van der Waals surface area (Å²) in [6, 6.07) is 14.7. The van der Waals surface area contributed by atoms with E-state index in [1.807, 2.05) is 30.3 Å². The van der Waals surface area contributed by atoms with Crippen LogP contribution in [0.1, 0.15) is 11.1 Å². The van der Waals surface area contributed by atoms with Gasteiger partial charge >= 0.3 is 5.97 Å². The number of methoxy groups -OCH3 is 1. The number of nitrogens with zero attached hydrogens (tertiary/aromatic N) is 1. The molecule has 0 aliphatic carbocycles. The predicted molar refractivity (Wildman–Crippen MR) is 111 cm³/mol. The number of hydrogen-bond donors (Lipinski definition) is 1. The van der Waals surface area contributed by atoms with Crippen LogP contribution >= 0.6 is 24.0 Å². The molecule has 0 spiro atoms. The van der Waals surface area contributed by atoms with Gasteiger partial charge in [0.1, 0.15) is 4.32 Å². The molecule has 1 aliphatic rings. The molecule has 2 aromatic rings. The first-order valence-electron chi connectivity index (χ1n) is 8.30. The lowest BCUT2D eigenvalue weighted by molar-refractivity contribution is -0.139. The third-order valence-corrected chi connectivity index (χ3v) is 5.27. The van der Waals surface area contributed by atoms with Crippen LogP contribution in [0, 0.1) is 0 Å². The molecular weight excluding hydrogens is 398 g/mol. The number of thiocarbonyl (C=S) groups is 1. The summed E-state index contributed by atoms with van der Waals surface area (Å²) >= 11 is 6.61. The third-order valence-electron chi connectivity index (χ3n) is 3.89. The van der Waals surface area contributed by atoms with Crippen molar-refractivity contribution in [2.45, 2.75) is 6.54 Å². The van der Waals surface area contributed by atoms with Crippen LogP contribution in [0.25, 0.3) is 6.08 Å². The molecule has 1 saturated heterocycles. The summed E-state index contributed by atoms with van der Waals surface area (Å²) in [7, 11) is 1.46. The zero-order chi connectivity index (χ0) is 20.1. The number of carbonyl (C=O) groups excluding carboxylic acids is 1. The monoisotopic (exact) mass is 415 g/mol. The number of hydrogen-bond acceptors (Lipinski definition) is 6. The van der Waals surface area contributed by atoms with Gasteiger partial charge in [-0.25, -0.2) is 4.79 Å². The number of carbonyl (C=O) groups is 2. The molecule has 3 rings (SSSR count). The topological polar surface area (TPSA) is 76.1 Å². The lowest BCUT2D eigenvalue weighted by atomic mass is 10.1. The van der Waals surface area contributed by atoms with Gasteiger partial charge in [-0.2, -0.15) is 0 Å². The normalized spacial score (nSPS) is 15.2. The fourth-order valence-electron chi connectivity index (χ4n) is 2.59. The quantitative estimate of drug-likeness (QED) is 0.547. The molecule has 1 aliphatic heterocycles. The van der Waals surface area contributed by atoms with Gasteiger partial charge in [-0.15, -0.1) is 0 Å². The lowest BCUT2D eigenvalue weighted by Gasteiger charge is -2.14. The SMILES string of the molecule is COc1cc(/C=C2/SC(=S)N(Cc3ccccc3)C2=O)ccc1OCC(=O)O. The first kappa shape index (κ1) is 19.9. The summed E-state index contributed by atoms with van der Waals surface area (Å²) in [4.78, 5) is 25.5. The number of carboxylic acids is 1. The number of amides is 1. The van der Waals surface area contributed by atoms with Gasteiger partial charge in [-0.3, -0.25) is 9.69 Å². The highest BCUT2D eigenvalue weighted by atomic mass is 32.2. The van der Waals surface area contributed by atoms with Gasteiger partial charge < -0.3 is 14.6 Å². The van der Waals surface area contributed by atoms with Crippen molar-refractivity contribution in [1.82, 2.24) is 4.90 Å². The van der Waals surface area contributed by atoms with Crippen molar-refractivity contribution in [3.63, 3.8) is 0 Å². The standard InChI is InChI=1S/C20H17NO5S2/c1-25-16-9-14(7-8-15(16)26-12-18(22)23)10-17-19(24)21(20(27)28-17)11-13-5-3-2-4-6-13/h2-10H,11-12H2,1H3,(H,22,23)/b17-10+. The van der Waals surface area contributed by atoms with E-state index >= 15 is 0 Å². The molecular formula is C20H17NO5S2. The summed E-state index contributed by atoms with van der Waals surface area (Å²) in [6.07, 6.45) is 1.73. The maximum atomic E-state index is 12.8. The van der Waals surface area contributed by atoms with Gasteiger partial charge in [0.2, 0.25) is 0 Å². The Morgan fingerprint density at radius 2 is 1.96 bits per heavy atom. The Hall–Kier alpha value is -2.84. The Bertz CT molecular complexity index is 943. The van der Waals surface area contributed by atoms with Crippen molar-refractivity contribution in [2.24, 2.45) is 0 Å². The number of aliphatic carboxylic acids is 1. The molecule has 1 heterocycles. The van der Waals surface area contributed by atoms with E-state index in [1.54, 1.807) is 29.2 Å². The maximum absolute atomic E-state index is 12.8. The Balaban J connectivity index is 1.78. The molecule has 6 nitrogen and oxygen atoms in total. The second-order valence-electron chi connectivity index (χ2n) is 5.85. The molecule has 0 bridgehead atoms. The lowest BCUT2D eigenvalue weighted by Crippen LogP contribution is -2.27. The fraction of sp³-hybridized carbons (Fsp3) is 0.150. The molecule has 144 valence electrons. The van der Waals surface area contributed by atoms with Crippen LogP contribution in [0.5, 0.6) is 11.5 Å². The maximum Gasteiger partial charge on any atom is 0.341 e. The Labute approximate surface area is 171 Å². The Kier molecular flexibility index (Phi) is 6.33. The van der Waals surface area contributed by atoms with Crippen LogP contribution < -0.4 is 9.47 Å². The summed E-state index contributed by atoms with van der Waals surface area (Å²) in [5.74, 6) is -0.523. The molecule has 8 heteroatoms. The van der Waals surface area contributed by atoms with Crippen LogP contribution in [0.2, 0.25) is 0 Å². The summed E-state index contributed by atoms with van der Waals surface area (Å²) < 4.78 is 11.0. The van der Waals surface area contributed by atoms with E-state index in [2.05, 4.69) is 0 Å². The summed E-state index contributed by atoms with van der Waals surface area (Å²) in [6.45, 7) is -0.0397. The van der Waals surface area contributed by atoms with Gasteiger partial charge in [0.15, 0.2) is 18.1 Å². The van der Waals surface area contributed by atoms with Gasteiger partial charge in [0.25, 0.3) is 5.91 Å². The third kappa shape index (κ3) is 4.71. The van der Waals surface area contributed by atoms with Crippen molar-refractivity contribution < 1.29 is 24.2 Å². The van der Waals surface area contributed by atoms with Crippen molar-refractivity contribution >= 4 is 46.3 Å².